The van der Waals surface area contributed by atoms with Crippen molar-refractivity contribution >= 4 is 42.5 Å². The number of benzene rings is 1. The Bertz CT molecular complexity index is 485. The summed E-state index contributed by atoms with van der Waals surface area (Å²) in [5, 5.41) is 0. The van der Waals surface area contributed by atoms with Crippen LogP contribution in [0.3, 0.4) is 0 Å². The molecule has 4 nitrogen and oxygen atoms in total. The topological polar surface area (TPSA) is 36.9 Å². The molecule has 1 fully saturated rings. The van der Waals surface area contributed by atoms with E-state index in [-0.39, 0.29) is 0 Å². The standard InChI is InChI=1S/C13H21O4Si4/c1-6-12-8-7-9-13(10-12)11-21(5)16-19(3)14-18(2)15-20(4)17-21/h6-10H,1,11H2,2-5H3. The van der Waals surface area contributed by atoms with E-state index < -0.39 is 36.4 Å². The third-order valence-electron chi connectivity index (χ3n) is 3.01. The second-order valence-electron chi connectivity index (χ2n) is 5.14. The van der Waals surface area contributed by atoms with Gasteiger partial charge in [0.05, 0.1) is 0 Å². The minimum absolute atomic E-state index is 0.803. The van der Waals surface area contributed by atoms with E-state index in [2.05, 4.69) is 25.3 Å². The van der Waals surface area contributed by atoms with Gasteiger partial charge in [-0.25, -0.2) is 0 Å². The van der Waals surface area contributed by atoms with Crippen LogP contribution < -0.4 is 0 Å². The van der Waals surface area contributed by atoms with Crippen molar-refractivity contribution in [2.45, 2.75) is 32.2 Å². The number of rotatable bonds is 3. The average molecular weight is 354 g/mol. The van der Waals surface area contributed by atoms with Crippen LogP contribution in [0, 0.1) is 0 Å². The lowest BCUT2D eigenvalue weighted by Gasteiger charge is -2.35. The van der Waals surface area contributed by atoms with Gasteiger partial charge >= 0.3 is 36.4 Å². The van der Waals surface area contributed by atoms with E-state index in [9.17, 15) is 0 Å². The van der Waals surface area contributed by atoms with Crippen LogP contribution in [0.25, 0.3) is 6.08 Å². The van der Waals surface area contributed by atoms with Crippen molar-refractivity contribution < 1.29 is 16.5 Å². The zero-order valence-corrected chi connectivity index (χ0v) is 16.9. The fourth-order valence-electron chi connectivity index (χ4n) is 2.37. The van der Waals surface area contributed by atoms with Crippen LogP contribution in [0.1, 0.15) is 11.1 Å². The van der Waals surface area contributed by atoms with Gasteiger partial charge < -0.3 is 16.5 Å². The molecule has 1 heterocycles. The molecule has 21 heavy (non-hydrogen) atoms. The van der Waals surface area contributed by atoms with E-state index in [1.54, 1.807) is 0 Å². The molecule has 8 heteroatoms. The maximum absolute atomic E-state index is 6.24. The molecular weight excluding hydrogens is 332 g/mol. The fraction of sp³-hybridized carbons (Fsp3) is 0.385. The summed E-state index contributed by atoms with van der Waals surface area (Å²) >= 11 is 0. The van der Waals surface area contributed by atoms with E-state index in [4.69, 9.17) is 16.5 Å². The first kappa shape index (κ1) is 17.0. The first-order valence-corrected chi connectivity index (χ1v) is 14.8. The predicted octanol–water partition coefficient (Wildman–Crippen LogP) is 2.92. The molecule has 0 aromatic heterocycles. The highest BCUT2D eigenvalue weighted by molar-refractivity contribution is 6.80. The molecule has 0 aliphatic carbocycles. The Morgan fingerprint density at radius 3 is 2.29 bits per heavy atom. The minimum Gasteiger partial charge on any atom is -0.415 e. The van der Waals surface area contributed by atoms with Gasteiger partial charge in [-0.2, -0.15) is 0 Å². The second-order valence-corrected chi connectivity index (χ2v) is 14.0. The summed E-state index contributed by atoms with van der Waals surface area (Å²) in [6, 6.07) is 9.14. The van der Waals surface area contributed by atoms with E-state index >= 15 is 0 Å². The van der Waals surface area contributed by atoms with Crippen LogP contribution in [0.4, 0.5) is 0 Å². The lowest BCUT2D eigenvalue weighted by Crippen LogP contribution is -2.54. The molecule has 1 aliphatic rings. The minimum atomic E-state index is -2.33. The van der Waals surface area contributed by atoms with Crippen LogP contribution in [-0.2, 0) is 22.5 Å². The quantitative estimate of drug-likeness (QED) is 0.783. The van der Waals surface area contributed by atoms with Crippen LogP contribution in [0.15, 0.2) is 30.8 Å². The van der Waals surface area contributed by atoms with Gasteiger partial charge in [-0.1, -0.05) is 36.9 Å². The molecule has 3 radical (unpaired) electrons. The van der Waals surface area contributed by atoms with Crippen molar-refractivity contribution in [3.05, 3.63) is 42.0 Å². The predicted molar refractivity (Wildman–Crippen MR) is 91.0 cm³/mol. The summed E-state index contributed by atoms with van der Waals surface area (Å²) in [6.45, 7) is 12.0. The van der Waals surface area contributed by atoms with Gasteiger partial charge in [-0.15, -0.1) is 0 Å². The van der Waals surface area contributed by atoms with Crippen LogP contribution in [0.5, 0.6) is 0 Å². The Balaban J connectivity index is 2.15. The highest BCUT2D eigenvalue weighted by Crippen LogP contribution is 2.21. The molecule has 0 atom stereocenters. The molecule has 2 rings (SSSR count). The molecule has 0 bridgehead atoms. The van der Waals surface area contributed by atoms with E-state index in [0.29, 0.717) is 0 Å². The molecule has 0 N–H and O–H groups in total. The van der Waals surface area contributed by atoms with Crippen LogP contribution in [0.2, 0.25) is 26.2 Å². The third kappa shape index (κ3) is 5.11. The first-order valence-electron chi connectivity index (χ1n) is 6.86. The van der Waals surface area contributed by atoms with E-state index in [1.807, 2.05) is 37.8 Å². The zero-order chi connectivity index (χ0) is 15.5. The fourth-order valence-corrected chi connectivity index (χ4v) is 14.2. The van der Waals surface area contributed by atoms with Crippen molar-refractivity contribution in [2.24, 2.45) is 0 Å². The Morgan fingerprint density at radius 1 is 1.10 bits per heavy atom. The van der Waals surface area contributed by atoms with Gasteiger partial charge in [0.1, 0.15) is 0 Å². The Labute approximate surface area is 133 Å². The zero-order valence-electron chi connectivity index (χ0n) is 12.9. The van der Waals surface area contributed by atoms with Gasteiger partial charge in [-0.05, 0) is 37.3 Å². The van der Waals surface area contributed by atoms with Crippen molar-refractivity contribution in [1.82, 2.24) is 0 Å². The molecule has 0 unspecified atom stereocenters. The Morgan fingerprint density at radius 2 is 1.71 bits per heavy atom. The highest BCUT2D eigenvalue weighted by atomic mass is 28.5. The molecule has 1 aromatic rings. The largest absolute Gasteiger partial charge is 0.415 e. The van der Waals surface area contributed by atoms with Gasteiger partial charge in [0.2, 0.25) is 0 Å². The third-order valence-corrected chi connectivity index (χ3v) is 14.4. The van der Waals surface area contributed by atoms with Crippen molar-refractivity contribution in [3.8, 4) is 0 Å². The van der Waals surface area contributed by atoms with E-state index in [1.165, 1.54) is 5.56 Å². The maximum atomic E-state index is 6.24. The Kier molecular flexibility index (Phi) is 5.91. The van der Waals surface area contributed by atoms with Gasteiger partial charge in [-0.3, -0.25) is 0 Å². The first-order chi connectivity index (χ1) is 9.90. The van der Waals surface area contributed by atoms with E-state index in [0.717, 1.165) is 11.6 Å². The SMILES string of the molecule is C=Cc1cccc(C[Si]2(C)O[Si](C)O[Si](C)O[Si](C)O2)c1. The second kappa shape index (κ2) is 7.29. The number of hydrogen-bond donors (Lipinski definition) is 0. The molecular formula is C13H21O4Si4. The summed E-state index contributed by atoms with van der Waals surface area (Å²) in [5.74, 6) is 0. The summed E-state index contributed by atoms with van der Waals surface area (Å²) in [7, 11) is -6.18. The lowest BCUT2D eigenvalue weighted by molar-refractivity contribution is 0.274. The maximum Gasteiger partial charge on any atom is 0.362 e. The molecule has 0 spiro atoms. The summed E-state index contributed by atoms with van der Waals surface area (Å²) in [6.07, 6.45) is 1.86. The summed E-state index contributed by atoms with van der Waals surface area (Å²) < 4.78 is 24.2. The normalized spacial score (nSPS) is 21.7. The van der Waals surface area contributed by atoms with Gasteiger partial charge in [0.25, 0.3) is 0 Å². The van der Waals surface area contributed by atoms with Gasteiger partial charge in [0, 0.05) is 6.04 Å². The molecule has 0 amide bonds. The summed E-state index contributed by atoms with van der Waals surface area (Å²) in [5.41, 5.74) is 2.33. The van der Waals surface area contributed by atoms with Gasteiger partial charge in [0.15, 0.2) is 0 Å². The lowest BCUT2D eigenvalue weighted by atomic mass is 10.1. The van der Waals surface area contributed by atoms with Crippen LogP contribution in [-0.4, -0.2) is 36.4 Å². The van der Waals surface area contributed by atoms with Crippen molar-refractivity contribution in [2.75, 3.05) is 0 Å². The van der Waals surface area contributed by atoms with Crippen molar-refractivity contribution in [3.63, 3.8) is 0 Å². The molecule has 1 aromatic carbocycles. The highest BCUT2D eigenvalue weighted by Gasteiger charge is 2.41. The molecule has 1 aliphatic heterocycles. The number of hydrogen-bond acceptors (Lipinski definition) is 4. The molecule has 113 valence electrons. The molecule has 1 saturated heterocycles. The summed E-state index contributed by atoms with van der Waals surface area (Å²) in [4.78, 5) is 0. The van der Waals surface area contributed by atoms with Crippen LogP contribution >= 0.6 is 0 Å². The van der Waals surface area contributed by atoms with Crippen molar-refractivity contribution in [1.29, 1.82) is 0 Å². The average Bonchev–Trinajstić information content (AvgIpc) is 2.35. The smallest absolute Gasteiger partial charge is 0.362 e. The Hall–Kier alpha value is -0.332. The molecule has 0 saturated carbocycles. The monoisotopic (exact) mass is 353 g/mol.